The molecule has 3 heterocycles. The lowest BCUT2D eigenvalue weighted by Crippen LogP contribution is -2.38. The van der Waals surface area contributed by atoms with Crippen LogP contribution in [0.15, 0.2) is 42.6 Å². The summed E-state index contributed by atoms with van der Waals surface area (Å²) in [5, 5.41) is 23.8. The molecule has 4 rings (SSSR count). The topological polar surface area (TPSA) is 93.6 Å². The highest BCUT2D eigenvalue weighted by Gasteiger charge is 2.16. The molecule has 28 heavy (non-hydrogen) atoms. The standard InChI is InChI=1S/C21H26N4O3/c26-10-7-22-20-13-18(17-5-6-23-21(17)24-20)15-1-3-16(4-2-15)19(27)14-25-8-11-28-12-9-25/h1-6,13,19,26-27H,7-12,14H2,(H2,22,23,24). The zero-order chi connectivity index (χ0) is 19.3. The predicted octanol–water partition coefficient (Wildman–Crippen LogP) is 2.00. The van der Waals surface area contributed by atoms with Crippen LogP contribution in [-0.4, -0.2) is 71.1 Å². The molecular formula is C21H26N4O3. The third-order valence-electron chi connectivity index (χ3n) is 5.09. The number of aromatic nitrogens is 2. The molecule has 7 heteroatoms. The minimum absolute atomic E-state index is 0.0511. The van der Waals surface area contributed by atoms with Crippen LogP contribution >= 0.6 is 0 Å². The van der Waals surface area contributed by atoms with E-state index in [1.54, 1.807) is 0 Å². The van der Waals surface area contributed by atoms with E-state index in [4.69, 9.17) is 9.84 Å². The van der Waals surface area contributed by atoms with Crippen LogP contribution in [0.4, 0.5) is 5.82 Å². The van der Waals surface area contributed by atoms with Crippen molar-refractivity contribution in [1.82, 2.24) is 14.9 Å². The Morgan fingerprint density at radius 3 is 2.71 bits per heavy atom. The number of H-pyrrole nitrogens is 1. The quantitative estimate of drug-likeness (QED) is 0.499. The molecule has 2 aromatic heterocycles. The first-order valence-corrected chi connectivity index (χ1v) is 9.66. The summed E-state index contributed by atoms with van der Waals surface area (Å²) in [4.78, 5) is 9.92. The van der Waals surface area contributed by atoms with Crippen molar-refractivity contribution in [3.05, 3.63) is 48.2 Å². The summed E-state index contributed by atoms with van der Waals surface area (Å²) >= 11 is 0. The van der Waals surface area contributed by atoms with Gasteiger partial charge in [-0.1, -0.05) is 24.3 Å². The number of pyridine rings is 1. The first kappa shape index (κ1) is 18.9. The van der Waals surface area contributed by atoms with E-state index in [9.17, 15) is 5.11 Å². The van der Waals surface area contributed by atoms with Crippen LogP contribution in [0.25, 0.3) is 22.2 Å². The zero-order valence-corrected chi connectivity index (χ0v) is 15.8. The van der Waals surface area contributed by atoms with Gasteiger partial charge in [0.25, 0.3) is 0 Å². The lowest BCUT2D eigenvalue weighted by atomic mass is 10.00. The summed E-state index contributed by atoms with van der Waals surface area (Å²) < 4.78 is 5.36. The fraction of sp³-hybridized carbons (Fsp3) is 0.381. The molecule has 1 atom stereocenters. The summed E-state index contributed by atoms with van der Waals surface area (Å²) in [6, 6.07) is 12.0. The first-order chi connectivity index (χ1) is 13.7. The molecule has 0 aliphatic carbocycles. The molecule has 7 nitrogen and oxygen atoms in total. The lowest BCUT2D eigenvalue weighted by Gasteiger charge is -2.28. The van der Waals surface area contributed by atoms with Crippen LogP contribution in [0.3, 0.4) is 0 Å². The van der Waals surface area contributed by atoms with Gasteiger partial charge >= 0.3 is 0 Å². The van der Waals surface area contributed by atoms with Crippen molar-refractivity contribution in [3.63, 3.8) is 0 Å². The second-order valence-corrected chi connectivity index (χ2v) is 7.00. The van der Waals surface area contributed by atoms with Crippen LogP contribution < -0.4 is 5.32 Å². The number of aromatic amines is 1. The van der Waals surface area contributed by atoms with Crippen molar-refractivity contribution in [3.8, 4) is 11.1 Å². The van der Waals surface area contributed by atoms with Gasteiger partial charge in [0, 0.05) is 37.8 Å². The fourth-order valence-electron chi connectivity index (χ4n) is 3.57. The number of hydrogen-bond donors (Lipinski definition) is 4. The zero-order valence-electron chi connectivity index (χ0n) is 15.8. The van der Waals surface area contributed by atoms with E-state index in [1.807, 2.05) is 42.6 Å². The van der Waals surface area contributed by atoms with E-state index in [2.05, 4.69) is 20.2 Å². The Bertz CT molecular complexity index is 904. The SMILES string of the molecule is OCCNc1cc(-c2ccc(C(O)CN3CCOCC3)cc2)c2cc[nH]c2n1. The molecule has 0 saturated carbocycles. The molecule has 1 aliphatic rings. The van der Waals surface area contributed by atoms with Gasteiger partial charge in [0.15, 0.2) is 0 Å². The third-order valence-corrected chi connectivity index (χ3v) is 5.09. The molecule has 0 amide bonds. The minimum atomic E-state index is -0.515. The van der Waals surface area contributed by atoms with Crippen molar-refractivity contribution in [2.45, 2.75) is 6.10 Å². The summed E-state index contributed by atoms with van der Waals surface area (Å²) in [7, 11) is 0. The highest BCUT2D eigenvalue weighted by Crippen LogP contribution is 2.30. The molecule has 1 saturated heterocycles. The van der Waals surface area contributed by atoms with Crippen molar-refractivity contribution in [1.29, 1.82) is 0 Å². The van der Waals surface area contributed by atoms with Gasteiger partial charge in [0.2, 0.25) is 0 Å². The number of hydrogen-bond acceptors (Lipinski definition) is 6. The molecule has 1 aliphatic heterocycles. The lowest BCUT2D eigenvalue weighted by molar-refractivity contribution is 0.0143. The molecule has 148 valence electrons. The van der Waals surface area contributed by atoms with E-state index >= 15 is 0 Å². The highest BCUT2D eigenvalue weighted by atomic mass is 16.5. The molecule has 0 bridgehead atoms. The van der Waals surface area contributed by atoms with E-state index in [-0.39, 0.29) is 6.61 Å². The van der Waals surface area contributed by atoms with Gasteiger partial charge in [-0.05, 0) is 28.8 Å². The Kier molecular flexibility index (Phi) is 5.87. The monoisotopic (exact) mass is 382 g/mol. The Labute approximate surface area is 164 Å². The van der Waals surface area contributed by atoms with Crippen LogP contribution in [0.2, 0.25) is 0 Å². The van der Waals surface area contributed by atoms with Gasteiger partial charge in [-0.25, -0.2) is 4.98 Å². The second-order valence-electron chi connectivity index (χ2n) is 7.00. The number of fused-ring (bicyclic) bond motifs is 1. The molecule has 0 spiro atoms. The number of anilines is 1. The molecule has 1 aromatic carbocycles. The van der Waals surface area contributed by atoms with Gasteiger partial charge in [0.05, 0.1) is 25.9 Å². The van der Waals surface area contributed by atoms with Crippen LogP contribution in [-0.2, 0) is 4.74 Å². The summed E-state index contributed by atoms with van der Waals surface area (Å²) in [6.07, 6.45) is 1.36. The van der Waals surface area contributed by atoms with E-state index in [0.29, 0.717) is 13.1 Å². The summed E-state index contributed by atoms with van der Waals surface area (Å²) in [5.41, 5.74) is 3.82. The van der Waals surface area contributed by atoms with E-state index < -0.39 is 6.10 Å². The maximum atomic E-state index is 10.6. The second kappa shape index (κ2) is 8.70. The van der Waals surface area contributed by atoms with Gasteiger partial charge in [-0.15, -0.1) is 0 Å². The number of morpholine rings is 1. The summed E-state index contributed by atoms with van der Waals surface area (Å²) in [5.74, 6) is 0.718. The summed E-state index contributed by atoms with van der Waals surface area (Å²) in [6.45, 7) is 4.30. The molecule has 1 unspecified atom stereocenters. The maximum absolute atomic E-state index is 10.6. The number of benzene rings is 1. The smallest absolute Gasteiger partial charge is 0.140 e. The number of nitrogens with one attached hydrogen (secondary N) is 2. The first-order valence-electron chi connectivity index (χ1n) is 9.66. The number of rotatable bonds is 7. The molecule has 0 radical (unpaired) electrons. The fourth-order valence-corrected chi connectivity index (χ4v) is 3.57. The Balaban J connectivity index is 1.55. The number of β-amino-alcohol motifs (C(OH)–C–C–N with tert-alkyl or cyclic N) is 1. The number of ether oxygens (including phenoxy) is 1. The number of nitrogens with zero attached hydrogens (tertiary/aromatic N) is 2. The predicted molar refractivity (Wildman–Crippen MR) is 109 cm³/mol. The van der Waals surface area contributed by atoms with Gasteiger partial charge in [0.1, 0.15) is 11.5 Å². The third kappa shape index (κ3) is 4.18. The van der Waals surface area contributed by atoms with Crippen molar-refractivity contribution in [2.75, 3.05) is 51.3 Å². The Morgan fingerprint density at radius 2 is 1.96 bits per heavy atom. The molecular weight excluding hydrogens is 356 g/mol. The largest absolute Gasteiger partial charge is 0.395 e. The van der Waals surface area contributed by atoms with Crippen molar-refractivity contribution >= 4 is 16.9 Å². The molecule has 3 aromatic rings. The van der Waals surface area contributed by atoms with E-state index in [1.165, 1.54) is 0 Å². The van der Waals surface area contributed by atoms with Crippen LogP contribution in [0, 0.1) is 0 Å². The number of aliphatic hydroxyl groups excluding tert-OH is 2. The molecule has 4 N–H and O–H groups in total. The number of aliphatic hydroxyl groups is 2. The Hall–Kier alpha value is -2.45. The average Bonchev–Trinajstić information content (AvgIpc) is 3.21. The normalized spacial score (nSPS) is 16.4. The molecule has 1 fully saturated rings. The maximum Gasteiger partial charge on any atom is 0.140 e. The van der Waals surface area contributed by atoms with Gasteiger partial charge in [-0.2, -0.15) is 0 Å². The Morgan fingerprint density at radius 1 is 1.18 bits per heavy atom. The van der Waals surface area contributed by atoms with Crippen molar-refractivity contribution in [2.24, 2.45) is 0 Å². The minimum Gasteiger partial charge on any atom is -0.395 e. The van der Waals surface area contributed by atoms with Gasteiger partial charge < -0.3 is 25.3 Å². The van der Waals surface area contributed by atoms with Crippen LogP contribution in [0.1, 0.15) is 11.7 Å². The van der Waals surface area contributed by atoms with E-state index in [0.717, 1.165) is 59.8 Å². The van der Waals surface area contributed by atoms with Gasteiger partial charge in [-0.3, -0.25) is 4.90 Å². The van der Waals surface area contributed by atoms with Crippen LogP contribution in [0.5, 0.6) is 0 Å². The van der Waals surface area contributed by atoms with Crippen molar-refractivity contribution < 1.29 is 14.9 Å². The average molecular weight is 382 g/mol. The highest BCUT2D eigenvalue weighted by molar-refractivity contribution is 5.94.